The number of esters is 1. The van der Waals surface area contributed by atoms with Crippen molar-refractivity contribution in [3.05, 3.63) is 53.8 Å². The van der Waals surface area contributed by atoms with Crippen molar-refractivity contribution in [1.82, 2.24) is 0 Å². The Labute approximate surface area is 161 Å². The zero-order valence-corrected chi connectivity index (χ0v) is 15.7. The first kappa shape index (κ1) is 20.9. The second-order valence-corrected chi connectivity index (χ2v) is 5.84. The lowest BCUT2D eigenvalue weighted by Crippen LogP contribution is -2.31. The summed E-state index contributed by atoms with van der Waals surface area (Å²) < 4.78 is 28.4. The Hall–Kier alpha value is -3.42. The Morgan fingerprint density at radius 3 is 2.36 bits per heavy atom. The summed E-state index contributed by atoms with van der Waals surface area (Å²) in [7, 11) is 1.41. The van der Waals surface area contributed by atoms with Crippen LogP contribution in [0.4, 0.5) is 10.1 Å². The highest BCUT2D eigenvalue weighted by molar-refractivity contribution is 5.95. The van der Waals surface area contributed by atoms with E-state index in [4.69, 9.17) is 14.2 Å². The molecule has 1 atom stereocenters. The zero-order chi connectivity index (χ0) is 20.7. The van der Waals surface area contributed by atoms with Gasteiger partial charge in [-0.1, -0.05) is 0 Å². The van der Waals surface area contributed by atoms with E-state index in [0.29, 0.717) is 17.0 Å². The monoisotopic (exact) mass is 389 g/mol. The fourth-order valence-corrected chi connectivity index (χ4v) is 2.20. The Kier molecular flexibility index (Phi) is 7.08. The van der Waals surface area contributed by atoms with Gasteiger partial charge in [-0.2, -0.15) is 0 Å². The number of halogens is 1. The number of carbonyl (C=O) groups excluding carboxylic acids is 3. The topological polar surface area (TPSA) is 90.9 Å². The van der Waals surface area contributed by atoms with E-state index in [9.17, 15) is 18.8 Å². The largest absolute Gasteiger partial charge is 0.493 e. The van der Waals surface area contributed by atoms with Crippen LogP contribution in [0, 0.1) is 5.82 Å². The lowest BCUT2D eigenvalue weighted by molar-refractivity contribution is -0.155. The summed E-state index contributed by atoms with van der Waals surface area (Å²) in [6.45, 7) is 2.37. The van der Waals surface area contributed by atoms with Crippen LogP contribution in [0.15, 0.2) is 42.5 Å². The highest BCUT2D eigenvalue weighted by Crippen LogP contribution is 2.28. The van der Waals surface area contributed by atoms with Gasteiger partial charge in [-0.3, -0.25) is 9.59 Å². The summed E-state index contributed by atoms with van der Waals surface area (Å²) in [5.74, 6) is -1.34. The predicted octanol–water partition coefficient (Wildman–Crippen LogP) is 2.99. The van der Waals surface area contributed by atoms with Crippen LogP contribution in [0.2, 0.25) is 0 Å². The number of nitrogens with one attached hydrogen (secondary N) is 1. The Morgan fingerprint density at radius 2 is 1.75 bits per heavy atom. The van der Waals surface area contributed by atoms with Crippen molar-refractivity contribution in [3.63, 3.8) is 0 Å². The van der Waals surface area contributed by atoms with Crippen LogP contribution in [-0.2, 0) is 14.3 Å². The Morgan fingerprint density at radius 1 is 1.07 bits per heavy atom. The molecular formula is C20H20FNO6. The van der Waals surface area contributed by atoms with Gasteiger partial charge in [0.2, 0.25) is 0 Å². The van der Waals surface area contributed by atoms with Crippen LogP contribution in [0.3, 0.4) is 0 Å². The van der Waals surface area contributed by atoms with Gasteiger partial charge in [0.15, 0.2) is 30.0 Å². The normalized spacial score (nSPS) is 11.3. The summed E-state index contributed by atoms with van der Waals surface area (Å²) in [6, 6.07) is 9.74. The molecule has 0 bridgehead atoms. The number of amides is 1. The number of benzene rings is 2. The summed E-state index contributed by atoms with van der Waals surface area (Å²) in [5, 5.41) is 2.51. The van der Waals surface area contributed by atoms with Crippen molar-refractivity contribution in [1.29, 1.82) is 0 Å². The first-order valence-corrected chi connectivity index (χ1v) is 8.38. The van der Waals surface area contributed by atoms with E-state index in [1.54, 1.807) is 6.07 Å². The fraction of sp³-hybridized carbons (Fsp3) is 0.250. The van der Waals surface area contributed by atoms with E-state index in [2.05, 4.69) is 5.32 Å². The van der Waals surface area contributed by atoms with E-state index in [0.717, 1.165) is 0 Å². The van der Waals surface area contributed by atoms with Crippen molar-refractivity contribution in [2.45, 2.75) is 20.0 Å². The number of ether oxygens (including phenoxy) is 3. The third kappa shape index (κ3) is 5.80. The maximum atomic E-state index is 12.9. The molecule has 2 aromatic carbocycles. The van der Waals surface area contributed by atoms with Gasteiger partial charge in [0.05, 0.1) is 7.11 Å². The average Bonchev–Trinajstić information content (AvgIpc) is 2.67. The van der Waals surface area contributed by atoms with Crippen LogP contribution in [0.25, 0.3) is 0 Å². The van der Waals surface area contributed by atoms with E-state index >= 15 is 0 Å². The van der Waals surface area contributed by atoms with Crippen LogP contribution in [-0.4, -0.2) is 37.5 Å². The summed E-state index contributed by atoms with van der Waals surface area (Å²) >= 11 is 0. The summed E-state index contributed by atoms with van der Waals surface area (Å²) in [5.41, 5.74) is 0.818. The van der Waals surface area contributed by atoms with Gasteiger partial charge in [-0.25, -0.2) is 9.18 Å². The average molecular weight is 389 g/mol. The molecule has 2 rings (SSSR count). The molecule has 0 aliphatic carbocycles. The van der Waals surface area contributed by atoms with E-state index in [1.165, 1.54) is 57.4 Å². The molecule has 0 aliphatic rings. The molecule has 0 heterocycles. The molecule has 0 saturated heterocycles. The van der Waals surface area contributed by atoms with Crippen molar-refractivity contribution in [2.75, 3.05) is 19.0 Å². The number of carbonyl (C=O) groups is 3. The molecule has 0 aromatic heterocycles. The van der Waals surface area contributed by atoms with E-state index in [-0.39, 0.29) is 11.5 Å². The molecule has 0 radical (unpaired) electrons. The molecular weight excluding hydrogens is 369 g/mol. The van der Waals surface area contributed by atoms with Crippen LogP contribution in [0.1, 0.15) is 24.2 Å². The van der Waals surface area contributed by atoms with Crippen LogP contribution >= 0.6 is 0 Å². The first-order valence-electron chi connectivity index (χ1n) is 8.38. The third-order valence-corrected chi connectivity index (χ3v) is 3.70. The molecule has 7 nitrogen and oxygen atoms in total. The molecule has 0 unspecified atom stereocenters. The predicted molar refractivity (Wildman–Crippen MR) is 99.1 cm³/mol. The maximum absolute atomic E-state index is 12.9. The Balaban J connectivity index is 1.88. The molecule has 1 N–H and O–H groups in total. The third-order valence-electron chi connectivity index (χ3n) is 3.70. The molecule has 8 heteroatoms. The molecule has 2 aromatic rings. The van der Waals surface area contributed by atoms with Crippen molar-refractivity contribution in [3.8, 4) is 11.5 Å². The van der Waals surface area contributed by atoms with Gasteiger partial charge in [-0.15, -0.1) is 0 Å². The van der Waals surface area contributed by atoms with Gasteiger partial charge >= 0.3 is 5.97 Å². The molecule has 148 valence electrons. The van der Waals surface area contributed by atoms with Crippen molar-refractivity contribution in [2.24, 2.45) is 0 Å². The van der Waals surface area contributed by atoms with Gasteiger partial charge in [0.25, 0.3) is 5.91 Å². The smallest absolute Gasteiger partial charge is 0.344 e. The second-order valence-electron chi connectivity index (χ2n) is 5.84. The first-order chi connectivity index (χ1) is 13.3. The molecule has 0 saturated carbocycles. The minimum Gasteiger partial charge on any atom is -0.493 e. The van der Waals surface area contributed by atoms with E-state index in [1.807, 2.05) is 0 Å². The second kappa shape index (κ2) is 9.50. The number of anilines is 1. The van der Waals surface area contributed by atoms with Gasteiger partial charge in [0.1, 0.15) is 5.82 Å². The highest BCUT2D eigenvalue weighted by atomic mass is 19.1. The van der Waals surface area contributed by atoms with Gasteiger partial charge in [0, 0.05) is 11.3 Å². The van der Waals surface area contributed by atoms with E-state index < -0.39 is 30.4 Å². The van der Waals surface area contributed by atoms with Gasteiger partial charge in [-0.05, 0) is 56.3 Å². The highest BCUT2D eigenvalue weighted by Gasteiger charge is 2.19. The maximum Gasteiger partial charge on any atom is 0.344 e. The fourth-order valence-electron chi connectivity index (χ4n) is 2.20. The number of rotatable bonds is 8. The minimum absolute atomic E-state index is 0.134. The van der Waals surface area contributed by atoms with Crippen LogP contribution in [0.5, 0.6) is 11.5 Å². The zero-order valence-electron chi connectivity index (χ0n) is 15.7. The standard InChI is InChI=1S/C20H20FNO6/c1-12(23)14-4-9-17(18(10-14)26-3)27-11-19(24)28-13(2)20(25)22-16-7-5-15(21)6-8-16/h4-10,13H,11H2,1-3H3,(H,22,25)/t13-/m0/s1. The molecule has 1 amide bonds. The summed E-state index contributed by atoms with van der Waals surface area (Å²) in [6.07, 6.45) is -1.08. The lowest BCUT2D eigenvalue weighted by Gasteiger charge is -2.15. The molecule has 28 heavy (non-hydrogen) atoms. The van der Waals surface area contributed by atoms with Crippen LogP contribution < -0.4 is 14.8 Å². The summed E-state index contributed by atoms with van der Waals surface area (Å²) in [4.78, 5) is 35.4. The quantitative estimate of drug-likeness (QED) is 0.551. The number of hydrogen-bond donors (Lipinski definition) is 1. The van der Waals surface area contributed by atoms with Crippen molar-refractivity contribution < 1.29 is 33.0 Å². The van der Waals surface area contributed by atoms with Gasteiger partial charge < -0.3 is 19.5 Å². The Bertz CT molecular complexity index is 865. The minimum atomic E-state index is -1.08. The number of Topliss-reactive ketones (excluding diaryl/α,β-unsaturated/α-hetero) is 1. The SMILES string of the molecule is COc1cc(C(C)=O)ccc1OCC(=O)O[C@@H](C)C(=O)Nc1ccc(F)cc1. The molecule has 0 spiro atoms. The lowest BCUT2D eigenvalue weighted by atomic mass is 10.1. The molecule has 0 fully saturated rings. The molecule has 0 aliphatic heterocycles. The number of hydrogen-bond acceptors (Lipinski definition) is 6. The number of methoxy groups -OCH3 is 1. The number of ketones is 1. The van der Waals surface area contributed by atoms with Crippen molar-refractivity contribution >= 4 is 23.3 Å².